The zero-order valence-electron chi connectivity index (χ0n) is 24.8. The van der Waals surface area contributed by atoms with E-state index in [-0.39, 0.29) is 12.4 Å². The topological polar surface area (TPSA) is 178 Å². The number of hydrogen-bond donors (Lipinski definition) is 4. The molecule has 4 N–H and O–H groups in total. The molecule has 1 aliphatic rings. The van der Waals surface area contributed by atoms with Gasteiger partial charge in [0.05, 0.1) is 9.35 Å². The number of aromatic nitrogens is 2. The van der Waals surface area contributed by atoms with Crippen LogP contribution in [0.5, 0.6) is 5.75 Å². The zero-order valence-corrected chi connectivity index (χ0v) is 23.7. The maximum Gasteiger partial charge on any atom is 0.459 e. The van der Waals surface area contributed by atoms with Gasteiger partial charge in [0.2, 0.25) is 0 Å². The lowest BCUT2D eigenvalue weighted by Crippen LogP contribution is -2.46. The van der Waals surface area contributed by atoms with Crippen molar-refractivity contribution in [2.45, 2.75) is 37.6 Å². The summed E-state index contributed by atoms with van der Waals surface area (Å²) in [5.41, 5.74) is -3.76. The average molecular weight is 614 g/mol. The standard InChI is InChI=1S/C29H30N3O10P/c1-29(37)26(35)23(41-27(29)32-15-14-24(33)31-28(32)36)18-40-43(38,30-16-25(34)39-17-19-8-3-2-4-9-19)42-22-13-7-11-20-10-5-6-12-21(20)22/h2-15,23,26-27,35,37H,16-18H2,1H3,(H,30,38)(H,31,33,36)/t23-,26-,27-,29-,43?/m1/s1/i14D,15D. The minimum atomic E-state index is -4.45. The molecule has 1 aliphatic heterocycles. The first-order valence-corrected chi connectivity index (χ1v) is 14.7. The van der Waals surface area contributed by atoms with E-state index in [2.05, 4.69) is 5.09 Å². The van der Waals surface area contributed by atoms with Gasteiger partial charge < -0.3 is 24.2 Å². The number of benzene rings is 3. The average Bonchev–Trinajstić information content (AvgIpc) is 3.25. The third kappa shape index (κ3) is 6.94. The summed E-state index contributed by atoms with van der Waals surface area (Å²) in [6.07, 6.45) is -5.81. The summed E-state index contributed by atoms with van der Waals surface area (Å²) in [7, 11) is -4.45. The third-order valence-corrected chi connectivity index (χ3v) is 8.23. The van der Waals surface area contributed by atoms with Crippen molar-refractivity contribution in [3.63, 3.8) is 0 Å². The Morgan fingerprint density at radius 2 is 1.86 bits per heavy atom. The quantitative estimate of drug-likeness (QED) is 0.144. The number of carbonyl (C=O) groups is 1. The number of aromatic amines is 1. The number of hydrogen-bond acceptors (Lipinski definition) is 10. The molecular formula is C29H30N3O10P. The second-order valence-corrected chi connectivity index (χ2v) is 11.7. The molecule has 5 rings (SSSR count). The van der Waals surface area contributed by atoms with Gasteiger partial charge in [-0.2, -0.15) is 0 Å². The van der Waals surface area contributed by atoms with Crippen LogP contribution in [0.15, 0.2) is 94.6 Å². The molecule has 4 aromatic rings. The van der Waals surface area contributed by atoms with E-state index in [1.165, 1.54) is 0 Å². The molecule has 0 radical (unpaired) electrons. The Morgan fingerprint density at radius 1 is 1.14 bits per heavy atom. The molecule has 14 heteroatoms. The molecule has 0 bridgehead atoms. The Morgan fingerprint density at radius 3 is 2.65 bits per heavy atom. The first-order valence-electron chi connectivity index (χ1n) is 14.1. The second-order valence-electron chi connectivity index (χ2n) is 9.91. The van der Waals surface area contributed by atoms with Gasteiger partial charge in [0, 0.05) is 17.6 Å². The van der Waals surface area contributed by atoms with Crippen molar-refractivity contribution in [3.8, 4) is 5.75 Å². The lowest BCUT2D eigenvalue weighted by atomic mass is 9.96. The predicted molar refractivity (Wildman–Crippen MR) is 154 cm³/mol. The maximum atomic E-state index is 14.1. The van der Waals surface area contributed by atoms with E-state index < -0.39 is 74.4 Å². The number of ether oxygens (including phenoxy) is 2. The molecule has 226 valence electrons. The van der Waals surface area contributed by atoms with Crippen LogP contribution in [0.25, 0.3) is 10.8 Å². The van der Waals surface area contributed by atoms with Crippen molar-refractivity contribution < 1.29 is 40.8 Å². The monoisotopic (exact) mass is 613 g/mol. The zero-order chi connectivity index (χ0) is 32.4. The number of rotatable bonds is 11. The Kier molecular flexibility index (Phi) is 8.15. The summed E-state index contributed by atoms with van der Waals surface area (Å²) in [5, 5.41) is 25.8. The van der Waals surface area contributed by atoms with Crippen LogP contribution in [0.2, 0.25) is 0 Å². The number of fused-ring (bicyclic) bond motifs is 1. The van der Waals surface area contributed by atoms with Crippen molar-refractivity contribution >= 4 is 24.5 Å². The first kappa shape index (κ1) is 27.7. The molecule has 1 saturated heterocycles. The van der Waals surface area contributed by atoms with Gasteiger partial charge in [-0.1, -0.05) is 66.7 Å². The number of aliphatic hydroxyl groups is 2. The number of carbonyl (C=O) groups excluding carboxylic acids is 1. The van der Waals surface area contributed by atoms with Crippen LogP contribution < -0.4 is 20.9 Å². The van der Waals surface area contributed by atoms with Gasteiger partial charge in [-0.25, -0.2) is 14.4 Å². The summed E-state index contributed by atoms with van der Waals surface area (Å²) >= 11 is 0. The van der Waals surface area contributed by atoms with E-state index in [1.807, 2.05) is 29.2 Å². The summed E-state index contributed by atoms with van der Waals surface area (Å²) < 4.78 is 52.7. The minimum Gasteiger partial charge on any atom is -0.460 e. The van der Waals surface area contributed by atoms with Crippen molar-refractivity contribution in [2.75, 3.05) is 13.2 Å². The molecule has 1 fully saturated rings. The molecule has 13 nitrogen and oxygen atoms in total. The van der Waals surface area contributed by atoms with Gasteiger partial charge in [0.15, 0.2) is 6.23 Å². The lowest BCUT2D eigenvalue weighted by Gasteiger charge is -2.27. The molecular weight excluding hydrogens is 581 g/mol. The summed E-state index contributed by atoms with van der Waals surface area (Å²) in [6.45, 7) is -0.195. The van der Waals surface area contributed by atoms with Gasteiger partial charge >= 0.3 is 19.4 Å². The fraction of sp³-hybridized carbons (Fsp3) is 0.276. The van der Waals surface area contributed by atoms with E-state index in [0.29, 0.717) is 9.95 Å². The number of esters is 1. The maximum absolute atomic E-state index is 14.1. The number of H-pyrrole nitrogens is 1. The summed E-state index contributed by atoms with van der Waals surface area (Å²) in [4.78, 5) is 38.7. The fourth-order valence-corrected chi connectivity index (χ4v) is 5.79. The second kappa shape index (κ2) is 12.6. The number of aliphatic hydroxyl groups excluding tert-OH is 1. The molecule has 2 heterocycles. The van der Waals surface area contributed by atoms with E-state index in [1.54, 1.807) is 48.5 Å². The SMILES string of the molecule is [2H]c1c([2H])n([C@@H]2O[C@H](COP(=O)(NCC(=O)OCc3ccccc3)Oc3cccc4ccccc34)[C@@H](O)[C@@]2(C)O)c(=O)[nH]c1=O. The Bertz CT molecular complexity index is 1860. The summed E-state index contributed by atoms with van der Waals surface area (Å²) in [6, 6.07) is 20.2. The summed E-state index contributed by atoms with van der Waals surface area (Å²) in [5.74, 6) is -0.614. The Balaban J connectivity index is 1.36. The van der Waals surface area contributed by atoms with E-state index in [0.717, 1.165) is 17.9 Å². The van der Waals surface area contributed by atoms with Crippen molar-refractivity contribution in [3.05, 3.63) is 111 Å². The van der Waals surface area contributed by atoms with Crippen LogP contribution in [0.1, 0.15) is 21.5 Å². The van der Waals surface area contributed by atoms with Crippen LogP contribution >= 0.6 is 7.75 Å². The smallest absolute Gasteiger partial charge is 0.459 e. The van der Waals surface area contributed by atoms with Crippen LogP contribution in [0, 0.1) is 0 Å². The number of nitrogens with one attached hydrogen (secondary N) is 2. The molecule has 5 atom stereocenters. The Labute approximate surface area is 248 Å². The highest BCUT2D eigenvalue weighted by molar-refractivity contribution is 7.52. The molecule has 1 unspecified atom stereocenters. The molecule has 43 heavy (non-hydrogen) atoms. The van der Waals surface area contributed by atoms with Gasteiger partial charge in [0.1, 0.15) is 36.7 Å². The van der Waals surface area contributed by atoms with E-state index >= 15 is 0 Å². The highest BCUT2D eigenvalue weighted by Gasteiger charge is 2.54. The van der Waals surface area contributed by atoms with Gasteiger partial charge in [0.25, 0.3) is 5.56 Å². The highest BCUT2D eigenvalue weighted by atomic mass is 31.2. The predicted octanol–water partition coefficient (Wildman–Crippen LogP) is 2.24. The van der Waals surface area contributed by atoms with Crippen LogP contribution in [0.3, 0.4) is 0 Å². The highest BCUT2D eigenvalue weighted by Crippen LogP contribution is 2.47. The van der Waals surface area contributed by atoms with Crippen molar-refractivity contribution in [1.82, 2.24) is 14.6 Å². The van der Waals surface area contributed by atoms with Gasteiger partial charge in [-0.3, -0.25) is 23.7 Å². The minimum absolute atomic E-state index is 0.0303. The fourth-order valence-electron chi connectivity index (χ4n) is 4.50. The Hall–Kier alpha value is -4.10. The lowest BCUT2D eigenvalue weighted by molar-refractivity contribution is -0.143. The molecule has 0 amide bonds. The third-order valence-electron chi connectivity index (χ3n) is 6.75. The van der Waals surface area contributed by atoms with E-state index in [9.17, 15) is 29.2 Å². The van der Waals surface area contributed by atoms with Crippen LogP contribution in [0.4, 0.5) is 0 Å². The molecule has 1 aromatic heterocycles. The molecule has 3 aromatic carbocycles. The molecule has 0 spiro atoms. The van der Waals surface area contributed by atoms with Gasteiger partial charge in [-0.15, -0.1) is 0 Å². The van der Waals surface area contributed by atoms with Crippen molar-refractivity contribution in [2.24, 2.45) is 0 Å². The van der Waals surface area contributed by atoms with Crippen LogP contribution in [-0.4, -0.2) is 56.7 Å². The molecule has 0 aliphatic carbocycles. The molecule has 0 saturated carbocycles. The normalized spacial score (nSPS) is 23.7. The van der Waals surface area contributed by atoms with Crippen LogP contribution in [-0.2, 0) is 30.0 Å². The van der Waals surface area contributed by atoms with Gasteiger partial charge in [-0.05, 0) is 23.9 Å². The first-order chi connectivity index (χ1) is 21.4. The van der Waals surface area contributed by atoms with Crippen molar-refractivity contribution in [1.29, 1.82) is 0 Å². The largest absolute Gasteiger partial charge is 0.460 e. The van der Waals surface area contributed by atoms with E-state index in [4.69, 9.17) is 21.3 Å². The number of nitrogens with zero attached hydrogens (tertiary/aromatic N) is 1.